The zero-order valence-electron chi connectivity index (χ0n) is 14.8. The van der Waals surface area contributed by atoms with Crippen molar-refractivity contribution in [3.05, 3.63) is 35.1 Å². The van der Waals surface area contributed by atoms with Crippen LogP contribution in [0.3, 0.4) is 0 Å². The first-order valence-electron chi connectivity index (χ1n) is 7.69. The highest BCUT2D eigenvalue weighted by Gasteiger charge is 2.18. The van der Waals surface area contributed by atoms with Gasteiger partial charge in [0.05, 0.1) is 30.4 Å². The number of methoxy groups -OCH3 is 1. The van der Waals surface area contributed by atoms with Crippen LogP contribution in [0, 0.1) is 0 Å². The maximum absolute atomic E-state index is 12.2. The molecular formula is C17H18ClN5O3. The van der Waals surface area contributed by atoms with Gasteiger partial charge in [-0.1, -0.05) is 11.6 Å². The zero-order chi connectivity index (χ0) is 18.8. The quantitative estimate of drug-likeness (QED) is 0.666. The second-order valence-electron chi connectivity index (χ2n) is 5.70. The molecule has 0 fully saturated rings. The summed E-state index contributed by atoms with van der Waals surface area (Å²) in [4.78, 5) is 30.4. The monoisotopic (exact) mass is 375 g/mol. The molecule has 9 heteroatoms. The fraction of sp³-hybridized carbons (Fsp3) is 0.235. The Morgan fingerprint density at radius 3 is 2.69 bits per heavy atom. The van der Waals surface area contributed by atoms with E-state index in [0.717, 1.165) is 5.52 Å². The van der Waals surface area contributed by atoms with Crippen molar-refractivity contribution in [1.29, 1.82) is 0 Å². The lowest BCUT2D eigenvalue weighted by Gasteiger charge is -2.14. The van der Waals surface area contributed by atoms with Crippen LogP contribution in [-0.4, -0.2) is 49.2 Å². The lowest BCUT2D eigenvalue weighted by atomic mass is 10.0. The predicted molar refractivity (Wildman–Crippen MR) is 99.7 cm³/mol. The molecule has 1 amide bonds. The van der Waals surface area contributed by atoms with E-state index in [2.05, 4.69) is 20.4 Å². The highest BCUT2D eigenvalue weighted by Crippen LogP contribution is 2.37. The molecule has 3 rings (SSSR count). The van der Waals surface area contributed by atoms with E-state index >= 15 is 0 Å². The van der Waals surface area contributed by atoms with Crippen molar-refractivity contribution in [3.8, 4) is 17.0 Å². The van der Waals surface area contributed by atoms with Crippen molar-refractivity contribution in [2.45, 2.75) is 0 Å². The molecule has 0 aliphatic rings. The number of aromatic nitrogens is 3. The van der Waals surface area contributed by atoms with Gasteiger partial charge in [0.1, 0.15) is 0 Å². The molecule has 26 heavy (non-hydrogen) atoms. The van der Waals surface area contributed by atoms with Crippen LogP contribution in [0.15, 0.2) is 24.5 Å². The molecule has 0 atom stereocenters. The third kappa shape index (κ3) is 3.16. The highest BCUT2D eigenvalue weighted by atomic mass is 35.5. The number of anilines is 1. The van der Waals surface area contributed by atoms with E-state index in [1.807, 2.05) is 14.1 Å². The number of amides is 1. The Balaban J connectivity index is 2.17. The average molecular weight is 376 g/mol. The number of nitrogens with zero attached hydrogens (tertiary/aromatic N) is 3. The summed E-state index contributed by atoms with van der Waals surface area (Å²) in [5, 5.41) is 1.18. The number of nitrogens with one attached hydrogen (secondary N) is 2. The van der Waals surface area contributed by atoms with Crippen LogP contribution in [0.5, 0.6) is 5.88 Å². The van der Waals surface area contributed by atoms with Crippen molar-refractivity contribution < 1.29 is 14.4 Å². The molecule has 2 N–H and O–H groups in total. The molecular weight excluding hydrogens is 358 g/mol. The molecule has 0 aliphatic carbocycles. The number of rotatable bonds is 5. The second-order valence-corrected chi connectivity index (χ2v) is 6.11. The second kappa shape index (κ2) is 7.19. The Morgan fingerprint density at radius 2 is 2.04 bits per heavy atom. The Kier molecular flexibility index (Phi) is 4.97. The van der Waals surface area contributed by atoms with Gasteiger partial charge in [-0.25, -0.2) is 10.5 Å². The van der Waals surface area contributed by atoms with Crippen LogP contribution < -0.4 is 15.1 Å². The number of H-pyrrole nitrogens is 1. The van der Waals surface area contributed by atoms with Gasteiger partial charge in [-0.15, -0.1) is 0 Å². The molecule has 0 saturated carbocycles. The number of benzene rings is 1. The Morgan fingerprint density at radius 1 is 1.27 bits per heavy atom. The molecule has 0 spiro atoms. The smallest absolute Gasteiger partial charge is 0.276 e. The summed E-state index contributed by atoms with van der Waals surface area (Å²) in [6.07, 6.45) is 3.25. The number of halogens is 1. The Hall–Kier alpha value is -2.84. The molecule has 3 aromatic rings. The van der Waals surface area contributed by atoms with E-state index in [1.54, 1.807) is 29.4 Å². The number of carbonyl (C=O) groups excluding carboxylic acids is 1. The van der Waals surface area contributed by atoms with Crippen molar-refractivity contribution in [2.24, 2.45) is 0 Å². The number of hydroxylamine groups is 1. The highest BCUT2D eigenvalue weighted by molar-refractivity contribution is 6.34. The van der Waals surface area contributed by atoms with E-state index in [-0.39, 0.29) is 5.91 Å². The largest absolute Gasteiger partial charge is 0.480 e. The van der Waals surface area contributed by atoms with Crippen molar-refractivity contribution >= 4 is 34.4 Å². The standard InChI is InChI=1S/C17H18ClN5O3/c1-23(2)17-20-8-12(16(21-17)25-3)9-5-10-11(15(24)22-26-4)7-19-14(10)6-13(9)18/h5-8,19H,1-4H3,(H,22,24). The van der Waals surface area contributed by atoms with Crippen molar-refractivity contribution in [3.63, 3.8) is 0 Å². The van der Waals surface area contributed by atoms with Gasteiger partial charge in [0.15, 0.2) is 0 Å². The Bertz CT molecular complexity index is 970. The average Bonchev–Trinajstić information content (AvgIpc) is 3.03. The minimum Gasteiger partial charge on any atom is -0.480 e. The summed E-state index contributed by atoms with van der Waals surface area (Å²) in [5.74, 6) is 0.547. The summed E-state index contributed by atoms with van der Waals surface area (Å²) in [7, 11) is 6.59. The van der Waals surface area contributed by atoms with E-state index < -0.39 is 0 Å². The third-order valence-electron chi connectivity index (χ3n) is 3.83. The lowest BCUT2D eigenvalue weighted by molar-refractivity contribution is 0.0539. The van der Waals surface area contributed by atoms with Crippen LogP contribution in [0.25, 0.3) is 22.0 Å². The fourth-order valence-electron chi connectivity index (χ4n) is 2.60. The molecule has 136 valence electrons. The van der Waals surface area contributed by atoms with Crippen LogP contribution in [-0.2, 0) is 4.84 Å². The summed E-state index contributed by atoms with van der Waals surface area (Å²) < 4.78 is 5.41. The maximum Gasteiger partial charge on any atom is 0.276 e. The van der Waals surface area contributed by atoms with Crippen LogP contribution >= 0.6 is 11.6 Å². The SMILES string of the molecule is CONC(=O)c1c[nH]c2cc(Cl)c(-c3cnc(N(C)C)nc3OC)cc12. The number of carbonyl (C=O) groups is 1. The Labute approximate surface area is 155 Å². The minimum absolute atomic E-state index is 0.363. The van der Waals surface area contributed by atoms with Gasteiger partial charge in [0.2, 0.25) is 11.8 Å². The molecule has 8 nitrogen and oxygen atoms in total. The van der Waals surface area contributed by atoms with Gasteiger partial charge in [0.25, 0.3) is 5.91 Å². The molecule has 2 aromatic heterocycles. The summed E-state index contributed by atoms with van der Waals surface area (Å²) in [6, 6.07) is 3.55. The van der Waals surface area contributed by atoms with Crippen molar-refractivity contribution in [1.82, 2.24) is 20.4 Å². The minimum atomic E-state index is -0.363. The third-order valence-corrected chi connectivity index (χ3v) is 4.15. The number of hydrogen-bond donors (Lipinski definition) is 2. The van der Waals surface area contributed by atoms with Gasteiger partial charge in [-0.2, -0.15) is 4.98 Å². The van der Waals surface area contributed by atoms with Gasteiger partial charge in [0, 0.05) is 43.0 Å². The summed E-state index contributed by atoms with van der Waals surface area (Å²) in [5.41, 5.74) is 4.76. The van der Waals surface area contributed by atoms with Gasteiger partial charge >= 0.3 is 0 Å². The first-order valence-corrected chi connectivity index (χ1v) is 8.06. The summed E-state index contributed by atoms with van der Waals surface area (Å²) >= 11 is 6.45. The van der Waals surface area contributed by atoms with Crippen LogP contribution in [0.2, 0.25) is 5.02 Å². The predicted octanol–water partition coefficient (Wildman–Crippen LogP) is 2.64. The molecule has 2 heterocycles. The molecule has 0 radical (unpaired) electrons. The van der Waals surface area contributed by atoms with Gasteiger partial charge in [-0.05, 0) is 12.1 Å². The number of ether oxygens (including phenoxy) is 1. The van der Waals surface area contributed by atoms with Crippen molar-refractivity contribution in [2.75, 3.05) is 33.2 Å². The number of fused-ring (bicyclic) bond motifs is 1. The molecule has 0 unspecified atom stereocenters. The van der Waals surface area contributed by atoms with Crippen LogP contribution in [0.1, 0.15) is 10.4 Å². The van der Waals surface area contributed by atoms with Gasteiger partial charge < -0.3 is 14.6 Å². The molecule has 0 aliphatic heterocycles. The normalized spacial score (nSPS) is 10.8. The molecule has 0 saturated heterocycles. The maximum atomic E-state index is 12.2. The van der Waals surface area contributed by atoms with E-state index in [1.165, 1.54) is 14.2 Å². The topological polar surface area (TPSA) is 92.4 Å². The first kappa shape index (κ1) is 18.0. The summed E-state index contributed by atoms with van der Waals surface area (Å²) in [6.45, 7) is 0. The van der Waals surface area contributed by atoms with Gasteiger partial charge in [-0.3, -0.25) is 9.63 Å². The first-order chi connectivity index (χ1) is 12.5. The fourth-order valence-corrected chi connectivity index (χ4v) is 2.86. The van der Waals surface area contributed by atoms with E-state index in [0.29, 0.717) is 38.9 Å². The molecule has 0 bridgehead atoms. The number of aromatic amines is 1. The van der Waals surface area contributed by atoms with E-state index in [9.17, 15) is 4.79 Å². The molecule has 1 aromatic carbocycles. The van der Waals surface area contributed by atoms with E-state index in [4.69, 9.17) is 21.2 Å². The zero-order valence-corrected chi connectivity index (χ0v) is 15.5. The lowest BCUT2D eigenvalue weighted by Crippen LogP contribution is -2.21. The van der Waals surface area contributed by atoms with Crippen LogP contribution in [0.4, 0.5) is 5.95 Å². The number of hydrogen-bond acceptors (Lipinski definition) is 6.